The molecule has 18 aromatic rings. The molecular weight excluding hydrogens is 1420 g/mol. The third-order valence-corrected chi connectivity index (χ3v) is 23.5. The van der Waals surface area contributed by atoms with Crippen molar-refractivity contribution in [2.45, 2.75) is 77.4 Å². The fraction of sp³-hybridized carbons (Fsp3) is 0.118. The zero-order valence-corrected chi connectivity index (χ0v) is 65.2. The van der Waals surface area contributed by atoms with E-state index < -0.39 is 0 Å². The van der Waals surface area contributed by atoms with Crippen LogP contribution in [0.3, 0.4) is 0 Å². The Hall–Kier alpha value is -13.0. The van der Waals surface area contributed by atoms with Crippen molar-refractivity contribution in [3.63, 3.8) is 0 Å². The van der Waals surface area contributed by atoms with Crippen LogP contribution >= 0.6 is 11.6 Å². The van der Waals surface area contributed by atoms with Gasteiger partial charge in [-0.15, -0.1) is 0 Å². The van der Waals surface area contributed by atoms with Crippen molar-refractivity contribution in [3.05, 3.63) is 355 Å². The summed E-state index contributed by atoms with van der Waals surface area (Å²) in [4.78, 5) is 29.1. The van der Waals surface area contributed by atoms with Crippen LogP contribution < -0.4 is 5.46 Å². The highest BCUT2D eigenvalue weighted by Crippen LogP contribution is 2.54. The van der Waals surface area contributed by atoms with E-state index >= 15 is 0 Å². The monoisotopic (exact) mass is 1500 g/mol. The van der Waals surface area contributed by atoms with Gasteiger partial charge >= 0.3 is 7.12 Å². The highest BCUT2D eigenvalue weighted by Gasteiger charge is 2.52. The van der Waals surface area contributed by atoms with Gasteiger partial charge in [0.25, 0.3) is 0 Å². The summed E-state index contributed by atoms with van der Waals surface area (Å²) in [5.74, 6) is 3.91. The van der Waals surface area contributed by atoms with E-state index in [1.165, 1.54) is 71.8 Å². The lowest BCUT2D eigenvalue weighted by molar-refractivity contribution is 0.00578. The fourth-order valence-corrected chi connectivity index (χ4v) is 16.4. The zero-order chi connectivity index (χ0) is 77.6. The maximum atomic E-state index is 6.32. The second kappa shape index (κ2) is 28.3. The zero-order valence-electron chi connectivity index (χ0n) is 64.4. The maximum absolute atomic E-state index is 6.32. The van der Waals surface area contributed by atoms with Crippen LogP contribution in [0.2, 0.25) is 5.02 Å². The van der Waals surface area contributed by atoms with E-state index in [0.29, 0.717) is 34.9 Å². The molecule has 2 aliphatic carbocycles. The van der Waals surface area contributed by atoms with Gasteiger partial charge in [0.05, 0.1) is 11.2 Å². The number of hydrogen-bond acceptors (Lipinski definition) is 10. The van der Waals surface area contributed by atoms with E-state index in [1.54, 1.807) is 0 Å². The quantitative estimate of drug-likeness (QED) is 0.122. The molecule has 1 aliphatic heterocycles. The normalized spacial score (nSPS) is 14.4. The van der Waals surface area contributed by atoms with Gasteiger partial charge in [-0.1, -0.05) is 300 Å². The standard InChI is InChI=1S/C48H33N3O.C27H27BO3.C27H18ClN3/c1-48(2)41-27-35(24-25-37(41)39-28-40-38-18-9-10-19-43(38)52-44(40)29-42(39)48)31-22-20-30(21-23-31)34-16-11-17-36(26-34)47-50-45(32-12-5-3-6-13-32)49-46(51-47)33-14-7-4-8-15-33;1-25(2)21-13-16(28-30-26(3,4)27(5,6)31-28)11-12-17(21)19-14-20-18-9-7-8-10-23(18)29-24(20)15-22(19)25;28-24-16-14-19(15-17-24)22-12-7-13-23(18-22)27-30-25(20-8-3-1-4-9-20)29-26(31-27)21-10-5-2-6-11-21/h3-29H,1-2H3;7-15H,1-6H3;1-18H. The molecule has 14 aromatic carbocycles. The van der Waals surface area contributed by atoms with Gasteiger partial charge < -0.3 is 18.1 Å². The number of furan rings is 2. The van der Waals surface area contributed by atoms with Crippen LogP contribution in [0.5, 0.6) is 0 Å². The minimum atomic E-state index is -0.352. The minimum Gasteiger partial charge on any atom is -0.456 e. The van der Waals surface area contributed by atoms with Gasteiger partial charge in [0, 0.05) is 70.8 Å². The number of rotatable bonds is 10. The molecule has 0 amide bonds. The second-order valence-electron chi connectivity index (χ2n) is 31.7. The lowest BCUT2D eigenvalue weighted by Crippen LogP contribution is -2.41. The maximum Gasteiger partial charge on any atom is 0.494 e. The predicted octanol–water partition coefficient (Wildman–Crippen LogP) is 25.8. The summed E-state index contributed by atoms with van der Waals surface area (Å²) in [5, 5.41) is 5.40. The third-order valence-electron chi connectivity index (χ3n) is 23.3. The number of halogens is 1. The van der Waals surface area contributed by atoms with Gasteiger partial charge in [-0.05, 0) is 178 Å². The topological polar surface area (TPSA) is 122 Å². The van der Waals surface area contributed by atoms with Crippen LogP contribution in [0.1, 0.15) is 77.6 Å². The van der Waals surface area contributed by atoms with Gasteiger partial charge in [-0.25, -0.2) is 29.9 Å². The molecule has 4 aromatic heterocycles. The van der Waals surface area contributed by atoms with Crippen LogP contribution in [0, 0.1) is 0 Å². The molecule has 0 unspecified atom stereocenters. The highest BCUT2D eigenvalue weighted by atomic mass is 35.5. The van der Waals surface area contributed by atoms with E-state index in [2.05, 4.69) is 201 Å². The van der Waals surface area contributed by atoms with Crippen molar-refractivity contribution >= 4 is 68.1 Å². The second-order valence-corrected chi connectivity index (χ2v) is 32.1. The lowest BCUT2D eigenvalue weighted by atomic mass is 9.74. The van der Waals surface area contributed by atoms with Crippen molar-refractivity contribution in [1.82, 2.24) is 29.9 Å². The van der Waals surface area contributed by atoms with E-state index in [9.17, 15) is 0 Å². The van der Waals surface area contributed by atoms with Crippen molar-refractivity contribution in [3.8, 4) is 124 Å². The van der Waals surface area contributed by atoms with Crippen molar-refractivity contribution in [2.24, 2.45) is 0 Å². The predicted molar refractivity (Wildman–Crippen MR) is 465 cm³/mol. The number of hydrogen-bond donors (Lipinski definition) is 0. The number of fused-ring (bicyclic) bond motifs is 12. The molecule has 0 bridgehead atoms. The Morgan fingerprint density at radius 3 is 0.947 bits per heavy atom. The summed E-state index contributed by atoms with van der Waals surface area (Å²) >= 11 is 6.05. The number of benzene rings is 14. The summed E-state index contributed by atoms with van der Waals surface area (Å²) in [6.07, 6.45) is 0. The van der Waals surface area contributed by atoms with Crippen LogP contribution in [0.4, 0.5) is 0 Å². The summed E-state index contributed by atoms with van der Waals surface area (Å²) in [6.45, 7) is 17.6. The van der Waals surface area contributed by atoms with Gasteiger partial charge in [-0.2, -0.15) is 0 Å². The molecule has 0 N–H and O–H groups in total. The van der Waals surface area contributed by atoms with Crippen LogP contribution in [0.15, 0.2) is 336 Å². The Morgan fingerprint density at radius 1 is 0.237 bits per heavy atom. The molecule has 0 atom stereocenters. The van der Waals surface area contributed by atoms with Gasteiger partial charge in [0.15, 0.2) is 34.9 Å². The van der Waals surface area contributed by atoms with Crippen LogP contribution in [0.25, 0.3) is 168 Å². The molecule has 0 radical (unpaired) electrons. The number of aromatic nitrogens is 6. The number of nitrogens with zero attached hydrogens (tertiary/aromatic N) is 6. The molecule has 21 rings (SSSR count). The molecule has 12 heteroatoms. The van der Waals surface area contributed by atoms with Crippen molar-refractivity contribution in [1.29, 1.82) is 0 Å². The molecule has 10 nitrogen and oxygen atoms in total. The molecule has 3 aliphatic rings. The molecule has 550 valence electrons. The molecule has 0 saturated carbocycles. The Morgan fingerprint density at radius 2 is 0.544 bits per heavy atom. The Kier molecular flexibility index (Phi) is 17.7. The minimum absolute atomic E-state index is 0.127. The largest absolute Gasteiger partial charge is 0.494 e. The smallest absolute Gasteiger partial charge is 0.456 e. The molecule has 1 saturated heterocycles. The first kappa shape index (κ1) is 71.3. The van der Waals surface area contributed by atoms with Crippen molar-refractivity contribution in [2.75, 3.05) is 0 Å². The van der Waals surface area contributed by atoms with Crippen LogP contribution in [-0.4, -0.2) is 48.2 Å². The summed E-state index contributed by atoms with van der Waals surface area (Å²) < 4.78 is 25.1. The SMILES string of the molecule is CC1(C)c2cc(-c3ccc(-c4cccc(-c5nc(-c6ccccc6)nc(-c6ccccc6)n5)c4)cc3)ccc2-c2cc3c(cc21)oc1ccccc13.CC1(C)c2cc(B3OC(C)(C)C(C)(C)O3)ccc2-c2cc3c(cc21)oc1ccccc13.Clc1ccc(-c2cccc(-c3nc(-c4ccccc4)nc(-c4ccccc4)n3)c2)cc1. The molecule has 0 spiro atoms. The first-order valence-corrected chi connectivity index (χ1v) is 39.1. The highest BCUT2D eigenvalue weighted by molar-refractivity contribution is 6.62. The molecular formula is C102H78BClN6O4. The van der Waals surface area contributed by atoms with Gasteiger partial charge in [0.2, 0.25) is 0 Å². The van der Waals surface area contributed by atoms with Crippen LogP contribution in [-0.2, 0) is 20.1 Å². The Bertz CT molecular complexity index is 6610. The van der Waals surface area contributed by atoms with Gasteiger partial charge in [-0.3, -0.25) is 0 Å². The summed E-state index contributed by atoms with van der Waals surface area (Å²) in [7, 11) is -0.352. The summed E-state index contributed by atoms with van der Waals surface area (Å²) in [5.41, 5.74) is 26.8. The van der Waals surface area contributed by atoms with E-state index in [0.717, 1.165) is 93.8 Å². The van der Waals surface area contributed by atoms with E-state index in [-0.39, 0.29) is 29.2 Å². The molecule has 1 fully saturated rings. The first-order valence-electron chi connectivity index (χ1n) is 38.7. The average Bonchev–Trinajstić information content (AvgIpc) is 1.56. The van der Waals surface area contributed by atoms with E-state index in [4.69, 9.17) is 59.6 Å². The third kappa shape index (κ3) is 13.0. The average molecular weight is 1500 g/mol. The Labute approximate surface area is 668 Å². The lowest BCUT2D eigenvalue weighted by Gasteiger charge is -2.32. The van der Waals surface area contributed by atoms with Crippen molar-refractivity contribution < 1.29 is 18.1 Å². The first-order chi connectivity index (χ1) is 55.3. The molecule has 114 heavy (non-hydrogen) atoms. The fourth-order valence-electron chi connectivity index (χ4n) is 16.3. The molecule has 5 heterocycles. The van der Waals surface area contributed by atoms with Gasteiger partial charge in [0.1, 0.15) is 22.3 Å². The van der Waals surface area contributed by atoms with E-state index in [1.807, 2.05) is 182 Å². The Balaban J connectivity index is 0.000000121. The summed E-state index contributed by atoms with van der Waals surface area (Å²) in [6, 6.07) is 113. The number of para-hydroxylation sites is 2.